The van der Waals surface area contributed by atoms with Crippen LogP contribution in [0.2, 0.25) is 0 Å². The molecule has 1 rings (SSSR count). The summed E-state index contributed by atoms with van der Waals surface area (Å²) in [6, 6.07) is 8.20. The van der Waals surface area contributed by atoms with Gasteiger partial charge in [0.15, 0.2) is 0 Å². The Bertz CT molecular complexity index is 460. The molecule has 5 heteroatoms. The first-order chi connectivity index (χ1) is 10.1. The lowest BCUT2D eigenvalue weighted by Crippen LogP contribution is -2.49. The van der Waals surface area contributed by atoms with Crippen molar-refractivity contribution in [3.05, 3.63) is 35.9 Å². The highest BCUT2D eigenvalue weighted by atomic mass is 16.2. The third kappa shape index (κ3) is 6.21. The van der Waals surface area contributed by atoms with E-state index in [1.807, 2.05) is 44.2 Å². The van der Waals surface area contributed by atoms with Crippen molar-refractivity contribution in [1.82, 2.24) is 10.6 Å². The molecule has 0 aliphatic heterocycles. The van der Waals surface area contributed by atoms with E-state index in [1.54, 1.807) is 0 Å². The molecule has 5 nitrogen and oxygen atoms in total. The zero-order valence-corrected chi connectivity index (χ0v) is 12.4. The summed E-state index contributed by atoms with van der Waals surface area (Å²) >= 11 is 0. The van der Waals surface area contributed by atoms with Gasteiger partial charge in [0.2, 0.25) is 12.3 Å². The molecule has 0 bridgehead atoms. The van der Waals surface area contributed by atoms with Crippen LogP contribution in [0, 0.1) is 5.92 Å². The molecule has 0 radical (unpaired) electrons. The minimum absolute atomic E-state index is 0.298. The molecule has 0 saturated carbocycles. The van der Waals surface area contributed by atoms with E-state index in [1.165, 1.54) is 0 Å². The van der Waals surface area contributed by atoms with Gasteiger partial charge >= 0.3 is 0 Å². The Morgan fingerprint density at radius 3 is 2.38 bits per heavy atom. The maximum absolute atomic E-state index is 12.2. The second kappa shape index (κ2) is 8.89. The summed E-state index contributed by atoms with van der Waals surface area (Å²) in [5, 5.41) is 5.18. The molecule has 2 amide bonds. The number of rotatable bonds is 9. The fourth-order valence-electron chi connectivity index (χ4n) is 2.10. The highest BCUT2D eigenvalue weighted by Gasteiger charge is 2.21. The first kappa shape index (κ1) is 16.9. The van der Waals surface area contributed by atoms with Gasteiger partial charge in [-0.15, -0.1) is 0 Å². The molecule has 1 aromatic rings. The summed E-state index contributed by atoms with van der Waals surface area (Å²) in [7, 11) is 0. The monoisotopic (exact) mass is 290 g/mol. The van der Waals surface area contributed by atoms with Crippen molar-refractivity contribution >= 4 is 18.6 Å². The van der Waals surface area contributed by atoms with Crippen LogP contribution in [-0.4, -0.2) is 30.7 Å². The molecule has 0 aliphatic carbocycles. The summed E-state index contributed by atoms with van der Waals surface area (Å²) in [5.74, 6) is -0.0455. The summed E-state index contributed by atoms with van der Waals surface area (Å²) in [6.45, 7) is 3.96. The van der Waals surface area contributed by atoms with Crippen LogP contribution in [0.1, 0.15) is 25.8 Å². The number of nitrogens with one attached hydrogen (secondary N) is 2. The largest absolute Gasteiger partial charge is 0.347 e. The van der Waals surface area contributed by atoms with E-state index in [0.29, 0.717) is 25.2 Å². The van der Waals surface area contributed by atoms with Gasteiger partial charge in [0, 0.05) is 6.42 Å². The number of hydrogen-bond donors (Lipinski definition) is 2. The van der Waals surface area contributed by atoms with E-state index < -0.39 is 12.1 Å². The summed E-state index contributed by atoms with van der Waals surface area (Å²) < 4.78 is 0. The zero-order chi connectivity index (χ0) is 15.7. The van der Waals surface area contributed by atoms with Crippen LogP contribution in [0.25, 0.3) is 0 Å². The van der Waals surface area contributed by atoms with Crippen molar-refractivity contribution in [2.24, 2.45) is 5.92 Å². The Kier molecular flexibility index (Phi) is 7.15. The maximum atomic E-state index is 12.2. The SMILES string of the molecule is CC(C)C[C@H](C=O)NC(=O)C(Cc1ccccc1)NC=O. The van der Waals surface area contributed by atoms with Crippen LogP contribution in [-0.2, 0) is 20.8 Å². The van der Waals surface area contributed by atoms with Crippen LogP contribution in [0.3, 0.4) is 0 Å². The average Bonchev–Trinajstić information content (AvgIpc) is 2.46. The molecule has 0 heterocycles. The van der Waals surface area contributed by atoms with E-state index >= 15 is 0 Å². The van der Waals surface area contributed by atoms with Crippen molar-refractivity contribution in [2.45, 2.75) is 38.8 Å². The van der Waals surface area contributed by atoms with Crippen molar-refractivity contribution in [3.8, 4) is 0 Å². The van der Waals surface area contributed by atoms with Crippen LogP contribution in [0.4, 0.5) is 0 Å². The summed E-state index contributed by atoms with van der Waals surface area (Å²) in [6.07, 6.45) is 2.21. The van der Waals surface area contributed by atoms with E-state index in [4.69, 9.17) is 0 Å². The predicted molar refractivity (Wildman–Crippen MR) is 80.6 cm³/mol. The molecule has 1 unspecified atom stereocenters. The van der Waals surface area contributed by atoms with Crippen LogP contribution in [0.15, 0.2) is 30.3 Å². The van der Waals surface area contributed by atoms with Crippen LogP contribution < -0.4 is 10.6 Å². The molecule has 2 N–H and O–H groups in total. The standard InChI is InChI=1S/C16H22N2O3/c1-12(2)8-14(10-19)18-16(21)15(17-11-20)9-13-6-4-3-5-7-13/h3-7,10-12,14-15H,8-9H2,1-2H3,(H,17,20)(H,18,21)/t14-,15?/m1/s1. The number of benzene rings is 1. The van der Waals surface area contributed by atoms with Gasteiger partial charge in [-0.1, -0.05) is 44.2 Å². The Balaban J connectivity index is 2.68. The third-order valence-corrected chi connectivity index (χ3v) is 3.09. The van der Waals surface area contributed by atoms with Gasteiger partial charge in [-0.2, -0.15) is 0 Å². The fraction of sp³-hybridized carbons (Fsp3) is 0.438. The van der Waals surface area contributed by atoms with Crippen molar-refractivity contribution in [3.63, 3.8) is 0 Å². The lowest BCUT2D eigenvalue weighted by atomic mass is 10.0. The van der Waals surface area contributed by atoms with Gasteiger partial charge in [0.05, 0.1) is 6.04 Å². The minimum Gasteiger partial charge on any atom is -0.347 e. The number of hydrogen-bond acceptors (Lipinski definition) is 3. The Morgan fingerprint density at radius 1 is 1.19 bits per heavy atom. The maximum Gasteiger partial charge on any atom is 0.243 e. The van der Waals surface area contributed by atoms with E-state index in [-0.39, 0.29) is 5.91 Å². The van der Waals surface area contributed by atoms with E-state index in [0.717, 1.165) is 11.8 Å². The molecule has 114 valence electrons. The highest BCUT2D eigenvalue weighted by molar-refractivity contribution is 5.86. The van der Waals surface area contributed by atoms with Gasteiger partial charge in [0.25, 0.3) is 0 Å². The number of carbonyl (C=O) groups is 3. The number of carbonyl (C=O) groups excluding carboxylic acids is 3. The molecule has 0 aliphatic rings. The lowest BCUT2D eigenvalue weighted by Gasteiger charge is -2.20. The van der Waals surface area contributed by atoms with Crippen LogP contribution in [0.5, 0.6) is 0 Å². The normalized spacial score (nSPS) is 13.3. The Hall–Kier alpha value is -2.17. The van der Waals surface area contributed by atoms with Gasteiger partial charge in [-0.05, 0) is 17.9 Å². The Morgan fingerprint density at radius 2 is 1.86 bits per heavy atom. The zero-order valence-electron chi connectivity index (χ0n) is 12.4. The Labute approximate surface area is 125 Å². The van der Waals surface area contributed by atoms with Gasteiger partial charge in [-0.25, -0.2) is 0 Å². The average molecular weight is 290 g/mol. The molecule has 21 heavy (non-hydrogen) atoms. The third-order valence-electron chi connectivity index (χ3n) is 3.09. The number of amides is 2. The molecule has 0 spiro atoms. The molecular weight excluding hydrogens is 268 g/mol. The van der Waals surface area contributed by atoms with Crippen molar-refractivity contribution in [2.75, 3.05) is 0 Å². The highest BCUT2D eigenvalue weighted by Crippen LogP contribution is 2.06. The first-order valence-electron chi connectivity index (χ1n) is 7.06. The first-order valence-corrected chi connectivity index (χ1v) is 7.06. The predicted octanol–water partition coefficient (Wildman–Crippen LogP) is 1.07. The molecule has 2 atom stereocenters. The fourth-order valence-corrected chi connectivity index (χ4v) is 2.10. The summed E-state index contributed by atoms with van der Waals surface area (Å²) in [4.78, 5) is 33.9. The van der Waals surface area contributed by atoms with Crippen LogP contribution >= 0.6 is 0 Å². The van der Waals surface area contributed by atoms with Gasteiger partial charge < -0.3 is 15.4 Å². The van der Waals surface area contributed by atoms with Crippen molar-refractivity contribution < 1.29 is 14.4 Å². The molecule has 1 aromatic carbocycles. The second-order valence-corrected chi connectivity index (χ2v) is 5.41. The molecule has 0 saturated heterocycles. The topological polar surface area (TPSA) is 75.3 Å². The van der Waals surface area contributed by atoms with Crippen molar-refractivity contribution in [1.29, 1.82) is 0 Å². The van der Waals surface area contributed by atoms with Gasteiger partial charge in [-0.3, -0.25) is 9.59 Å². The smallest absolute Gasteiger partial charge is 0.243 e. The summed E-state index contributed by atoms with van der Waals surface area (Å²) in [5.41, 5.74) is 0.943. The number of aldehydes is 1. The molecular formula is C16H22N2O3. The molecule has 0 aromatic heterocycles. The quantitative estimate of drug-likeness (QED) is 0.668. The molecule has 0 fully saturated rings. The lowest BCUT2D eigenvalue weighted by molar-refractivity contribution is -0.127. The minimum atomic E-state index is -0.681. The second-order valence-electron chi connectivity index (χ2n) is 5.41. The van der Waals surface area contributed by atoms with E-state index in [2.05, 4.69) is 10.6 Å². The van der Waals surface area contributed by atoms with Gasteiger partial charge in [0.1, 0.15) is 12.3 Å². The van der Waals surface area contributed by atoms with E-state index in [9.17, 15) is 14.4 Å².